The van der Waals surface area contributed by atoms with E-state index in [1.165, 1.54) is 17.6 Å². The van der Waals surface area contributed by atoms with E-state index in [0.29, 0.717) is 10.6 Å². The number of carbonyl (C=O) groups excluding carboxylic acids is 1. The number of aromatic nitrogens is 1. The number of nitrogens with zero attached hydrogens (tertiary/aromatic N) is 2. The standard InChI is InChI=1S/C18H15N3O2S/c1-13-16(24-18(20-13)14-7-3-2-4-8-14)17(22)21-19-11-5-9-15-10-6-12-23-15/h2-12H,1H3,(H,21,22)/b9-5+,19-11?. The monoisotopic (exact) mass is 337 g/mol. The lowest BCUT2D eigenvalue weighted by Crippen LogP contribution is -2.16. The van der Waals surface area contributed by atoms with E-state index >= 15 is 0 Å². The second-order valence-electron chi connectivity index (χ2n) is 4.89. The van der Waals surface area contributed by atoms with Crippen molar-refractivity contribution in [2.24, 2.45) is 5.10 Å². The number of hydrazone groups is 1. The van der Waals surface area contributed by atoms with E-state index in [-0.39, 0.29) is 5.91 Å². The molecule has 6 heteroatoms. The first-order chi connectivity index (χ1) is 11.7. The Balaban J connectivity index is 1.64. The van der Waals surface area contributed by atoms with E-state index in [4.69, 9.17) is 4.42 Å². The third kappa shape index (κ3) is 3.85. The molecule has 0 aliphatic carbocycles. The molecule has 2 aromatic heterocycles. The van der Waals surface area contributed by atoms with Crippen molar-refractivity contribution >= 4 is 29.5 Å². The Kier molecular flexibility index (Phi) is 4.98. The fraction of sp³-hybridized carbons (Fsp3) is 0.0556. The molecule has 0 atom stereocenters. The van der Waals surface area contributed by atoms with E-state index in [0.717, 1.165) is 16.3 Å². The summed E-state index contributed by atoms with van der Waals surface area (Å²) in [5, 5.41) is 4.72. The lowest BCUT2D eigenvalue weighted by molar-refractivity contribution is 0.0958. The highest BCUT2D eigenvalue weighted by atomic mass is 32.1. The van der Waals surface area contributed by atoms with Gasteiger partial charge in [-0.1, -0.05) is 30.3 Å². The van der Waals surface area contributed by atoms with Crippen LogP contribution in [0.4, 0.5) is 0 Å². The quantitative estimate of drug-likeness (QED) is 0.562. The third-order valence-corrected chi connectivity index (χ3v) is 4.36. The highest BCUT2D eigenvalue weighted by molar-refractivity contribution is 7.17. The number of aryl methyl sites for hydroxylation is 1. The second-order valence-corrected chi connectivity index (χ2v) is 5.89. The van der Waals surface area contributed by atoms with Crippen molar-refractivity contribution in [3.05, 3.63) is 71.1 Å². The Morgan fingerprint density at radius 1 is 1.25 bits per heavy atom. The molecule has 3 rings (SSSR count). The van der Waals surface area contributed by atoms with Gasteiger partial charge >= 0.3 is 0 Å². The highest BCUT2D eigenvalue weighted by Gasteiger charge is 2.15. The van der Waals surface area contributed by atoms with Crippen LogP contribution in [0.5, 0.6) is 0 Å². The smallest absolute Gasteiger partial charge is 0.283 e. The van der Waals surface area contributed by atoms with Crippen molar-refractivity contribution < 1.29 is 9.21 Å². The van der Waals surface area contributed by atoms with Crippen molar-refractivity contribution in [2.45, 2.75) is 6.92 Å². The fourth-order valence-electron chi connectivity index (χ4n) is 2.02. The maximum atomic E-state index is 12.2. The van der Waals surface area contributed by atoms with Gasteiger partial charge in [-0.05, 0) is 31.2 Å². The van der Waals surface area contributed by atoms with Gasteiger partial charge in [0.15, 0.2) is 0 Å². The first-order valence-electron chi connectivity index (χ1n) is 7.30. The number of thiazole rings is 1. The summed E-state index contributed by atoms with van der Waals surface area (Å²) in [6.45, 7) is 1.82. The summed E-state index contributed by atoms with van der Waals surface area (Å²) in [5.41, 5.74) is 4.19. The van der Waals surface area contributed by atoms with Crippen LogP contribution in [-0.4, -0.2) is 17.1 Å². The van der Waals surface area contributed by atoms with Crippen LogP contribution < -0.4 is 5.43 Å². The van der Waals surface area contributed by atoms with Crippen molar-refractivity contribution in [1.82, 2.24) is 10.4 Å². The molecule has 0 saturated heterocycles. The number of hydrogen-bond acceptors (Lipinski definition) is 5. The minimum absolute atomic E-state index is 0.269. The molecular weight excluding hydrogens is 322 g/mol. The molecule has 3 aromatic rings. The predicted molar refractivity (Wildman–Crippen MR) is 96.0 cm³/mol. The number of nitrogens with one attached hydrogen (secondary N) is 1. The van der Waals surface area contributed by atoms with Crippen molar-refractivity contribution in [3.63, 3.8) is 0 Å². The van der Waals surface area contributed by atoms with Gasteiger partial charge in [-0.25, -0.2) is 10.4 Å². The van der Waals surface area contributed by atoms with Gasteiger partial charge in [0.05, 0.1) is 12.0 Å². The number of furan rings is 1. The number of carbonyl (C=O) groups is 1. The van der Waals surface area contributed by atoms with Crippen LogP contribution in [0.2, 0.25) is 0 Å². The molecule has 2 heterocycles. The average molecular weight is 337 g/mol. The number of benzene rings is 1. The average Bonchev–Trinajstić information content (AvgIpc) is 3.25. The van der Waals surface area contributed by atoms with Crippen molar-refractivity contribution in [1.29, 1.82) is 0 Å². The summed E-state index contributed by atoms with van der Waals surface area (Å²) in [6.07, 6.45) is 6.53. The molecule has 1 aromatic carbocycles. The first kappa shape index (κ1) is 15.9. The number of amides is 1. The van der Waals surface area contributed by atoms with Crippen molar-refractivity contribution in [2.75, 3.05) is 0 Å². The second kappa shape index (κ2) is 7.52. The van der Waals surface area contributed by atoms with Crippen LogP contribution in [0.25, 0.3) is 16.6 Å². The highest BCUT2D eigenvalue weighted by Crippen LogP contribution is 2.27. The minimum atomic E-state index is -0.269. The van der Waals surface area contributed by atoms with Gasteiger partial charge in [-0.2, -0.15) is 5.10 Å². The van der Waals surface area contributed by atoms with Crippen LogP contribution in [0.3, 0.4) is 0 Å². The van der Waals surface area contributed by atoms with Crippen LogP contribution in [0.15, 0.2) is 64.3 Å². The molecule has 5 nitrogen and oxygen atoms in total. The summed E-state index contributed by atoms with van der Waals surface area (Å²) < 4.78 is 5.15. The Labute approximate surface area is 143 Å². The van der Waals surface area contributed by atoms with Crippen LogP contribution in [0, 0.1) is 6.92 Å². The predicted octanol–water partition coefficient (Wildman–Crippen LogP) is 4.14. The van der Waals surface area contributed by atoms with E-state index in [1.54, 1.807) is 24.5 Å². The topological polar surface area (TPSA) is 67.5 Å². The zero-order chi connectivity index (χ0) is 16.8. The lowest BCUT2D eigenvalue weighted by atomic mass is 10.2. The van der Waals surface area contributed by atoms with Gasteiger partial charge in [-0.15, -0.1) is 11.3 Å². The number of rotatable bonds is 5. The van der Waals surface area contributed by atoms with Gasteiger partial charge in [-0.3, -0.25) is 4.79 Å². The largest absolute Gasteiger partial charge is 0.465 e. The number of hydrogen-bond donors (Lipinski definition) is 1. The molecule has 24 heavy (non-hydrogen) atoms. The Morgan fingerprint density at radius 2 is 2.08 bits per heavy atom. The normalized spacial score (nSPS) is 11.4. The Hall–Kier alpha value is -2.99. The molecule has 120 valence electrons. The molecular formula is C18H15N3O2S. The molecule has 0 fully saturated rings. The van der Waals surface area contributed by atoms with Gasteiger partial charge in [0.2, 0.25) is 0 Å². The molecule has 0 bridgehead atoms. The summed E-state index contributed by atoms with van der Waals surface area (Å²) >= 11 is 1.35. The molecule has 0 aliphatic rings. The molecule has 0 radical (unpaired) electrons. The zero-order valence-corrected chi connectivity index (χ0v) is 13.8. The summed E-state index contributed by atoms with van der Waals surface area (Å²) in [4.78, 5) is 17.2. The van der Waals surface area contributed by atoms with Crippen LogP contribution in [0.1, 0.15) is 21.1 Å². The Bertz CT molecular complexity index is 865. The van der Waals surface area contributed by atoms with Gasteiger partial charge in [0.25, 0.3) is 5.91 Å². The number of allylic oxidation sites excluding steroid dienone is 1. The molecule has 0 saturated carbocycles. The summed E-state index contributed by atoms with van der Waals surface area (Å²) in [7, 11) is 0. The zero-order valence-electron chi connectivity index (χ0n) is 13.0. The van der Waals surface area contributed by atoms with Gasteiger partial charge in [0.1, 0.15) is 15.6 Å². The summed E-state index contributed by atoms with van der Waals surface area (Å²) in [6, 6.07) is 13.4. The Morgan fingerprint density at radius 3 is 2.83 bits per heavy atom. The summed E-state index contributed by atoms with van der Waals surface area (Å²) in [5.74, 6) is 0.452. The van der Waals surface area contributed by atoms with Crippen LogP contribution >= 0.6 is 11.3 Å². The van der Waals surface area contributed by atoms with E-state index in [1.807, 2.05) is 43.3 Å². The molecule has 1 amide bonds. The first-order valence-corrected chi connectivity index (χ1v) is 8.12. The van der Waals surface area contributed by atoms with E-state index < -0.39 is 0 Å². The van der Waals surface area contributed by atoms with E-state index in [2.05, 4.69) is 15.5 Å². The lowest BCUT2D eigenvalue weighted by Gasteiger charge is -1.95. The molecule has 0 aliphatic heterocycles. The maximum absolute atomic E-state index is 12.2. The van der Waals surface area contributed by atoms with E-state index in [9.17, 15) is 4.79 Å². The third-order valence-electron chi connectivity index (χ3n) is 3.15. The minimum Gasteiger partial charge on any atom is -0.465 e. The fourth-order valence-corrected chi connectivity index (χ4v) is 2.99. The SMILES string of the molecule is Cc1nc(-c2ccccc2)sc1C(=O)NN=C/C=C/c1ccco1. The molecule has 1 N–H and O–H groups in total. The van der Waals surface area contributed by atoms with Crippen LogP contribution in [-0.2, 0) is 0 Å². The maximum Gasteiger partial charge on any atom is 0.283 e. The molecule has 0 spiro atoms. The van der Waals surface area contributed by atoms with Gasteiger partial charge in [0, 0.05) is 11.8 Å². The molecule has 0 unspecified atom stereocenters. The van der Waals surface area contributed by atoms with Crippen molar-refractivity contribution in [3.8, 4) is 10.6 Å². The van der Waals surface area contributed by atoms with Gasteiger partial charge < -0.3 is 4.42 Å².